The van der Waals surface area contributed by atoms with Crippen LogP contribution in [0.2, 0.25) is 0 Å². The molecule has 4 aromatic heterocycles. The summed E-state index contributed by atoms with van der Waals surface area (Å²) in [7, 11) is 0. The van der Waals surface area contributed by atoms with Gasteiger partial charge in [-0.25, -0.2) is 15.0 Å². The maximum absolute atomic E-state index is 5.03. The summed E-state index contributed by atoms with van der Waals surface area (Å²) >= 11 is 1.91. The molecule has 11 rings (SSSR count). The number of aryl methyl sites for hydroxylation is 2. The number of hydrogen-bond donors (Lipinski definition) is 0. The second-order valence-corrected chi connectivity index (χ2v) is 15.8. The van der Waals surface area contributed by atoms with Crippen LogP contribution in [-0.2, 0) is 6.54 Å². The third-order valence-electron chi connectivity index (χ3n) is 11.3. The van der Waals surface area contributed by atoms with Crippen molar-refractivity contribution in [3.63, 3.8) is 0 Å². The van der Waals surface area contributed by atoms with Crippen molar-refractivity contribution < 1.29 is 0 Å². The Labute approximate surface area is 339 Å². The molecule has 0 aliphatic rings. The molecule has 4 heterocycles. The minimum absolute atomic E-state index is 0.639. The highest BCUT2D eigenvalue weighted by Crippen LogP contribution is 2.51. The monoisotopic (exact) mass is 763 g/mol. The van der Waals surface area contributed by atoms with Crippen molar-refractivity contribution in [2.75, 3.05) is 0 Å². The average molecular weight is 764 g/mol. The van der Waals surface area contributed by atoms with Crippen molar-refractivity contribution in [3.05, 3.63) is 182 Å². The molecule has 0 fully saturated rings. The molecule has 0 amide bonds. The molecule has 0 atom stereocenters. The van der Waals surface area contributed by atoms with Gasteiger partial charge in [0.15, 0.2) is 17.5 Å². The first-order valence-electron chi connectivity index (χ1n) is 19.7. The molecule has 0 spiro atoms. The summed E-state index contributed by atoms with van der Waals surface area (Å²) in [6, 6.07) is 53.6. The molecular formula is C52H37N5S. The van der Waals surface area contributed by atoms with Gasteiger partial charge in [0.05, 0.1) is 21.3 Å². The van der Waals surface area contributed by atoms with Crippen LogP contribution in [0.15, 0.2) is 176 Å². The lowest BCUT2D eigenvalue weighted by atomic mass is 9.99. The summed E-state index contributed by atoms with van der Waals surface area (Å²) in [6.07, 6.45) is 7.03. The van der Waals surface area contributed by atoms with Gasteiger partial charge >= 0.3 is 0 Å². The van der Waals surface area contributed by atoms with Crippen molar-refractivity contribution in [1.29, 1.82) is 0 Å². The number of benzene rings is 7. The summed E-state index contributed by atoms with van der Waals surface area (Å²) in [5.74, 6) is 1.94. The van der Waals surface area contributed by atoms with Gasteiger partial charge in [0, 0.05) is 71.5 Å². The molecule has 0 unspecified atom stereocenters. The third-order valence-corrected chi connectivity index (χ3v) is 12.5. The maximum Gasteiger partial charge on any atom is 0.164 e. The van der Waals surface area contributed by atoms with Gasteiger partial charge in [-0.1, -0.05) is 134 Å². The number of fused-ring (bicyclic) bond motifs is 12. The molecule has 5 nitrogen and oxygen atoms in total. The number of nitrogens with zero attached hydrogens (tertiary/aromatic N) is 5. The molecule has 0 saturated carbocycles. The fraction of sp³-hybridized carbons (Fsp3) is 0.0577. The standard InChI is InChI=1S/C52H37N5S/c1-3-4-5-16-32-56-40-25-14-12-23-38(40)44-46-43-33(2)18-17-27-42(43)58-49(46)48-45(47(44)56)39-24-13-15-26-41(39)57(48)37-30-28-36(29-31-37)52-54-50(34-19-8-6-9-20-34)53-51(55-52)35-21-10-7-11-22-35/h3-15,17-31H,1,16,32H2,2H3/b5-4-. The van der Waals surface area contributed by atoms with Crippen LogP contribution in [0.25, 0.3) is 104 Å². The summed E-state index contributed by atoms with van der Waals surface area (Å²) < 4.78 is 7.66. The Kier molecular flexibility index (Phi) is 8.12. The fourth-order valence-corrected chi connectivity index (χ4v) is 10.2. The first-order valence-corrected chi connectivity index (χ1v) is 20.5. The smallest absolute Gasteiger partial charge is 0.164 e. The Morgan fingerprint density at radius 1 is 0.552 bits per heavy atom. The van der Waals surface area contributed by atoms with Crippen LogP contribution < -0.4 is 0 Å². The average Bonchev–Trinajstić information content (AvgIpc) is 3.94. The van der Waals surface area contributed by atoms with Crippen molar-refractivity contribution >= 4 is 75.1 Å². The van der Waals surface area contributed by atoms with E-state index in [4.69, 9.17) is 15.0 Å². The molecule has 58 heavy (non-hydrogen) atoms. The topological polar surface area (TPSA) is 48.5 Å². The second-order valence-electron chi connectivity index (χ2n) is 14.8. The van der Waals surface area contributed by atoms with Crippen molar-refractivity contribution in [2.45, 2.75) is 19.9 Å². The summed E-state index contributed by atoms with van der Waals surface area (Å²) in [6.45, 7) is 7.03. The number of aromatic nitrogens is 5. The van der Waals surface area contributed by atoms with Crippen LogP contribution in [0.3, 0.4) is 0 Å². The van der Waals surface area contributed by atoms with Crippen LogP contribution in [0.1, 0.15) is 12.0 Å². The Balaban J connectivity index is 1.20. The quantitative estimate of drug-likeness (QED) is 0.145. The Morgan fingerprint density at radius 3 is 1.79 bits per heavy atom. The molecule has 0 N–H and O–H groups in total. The number of rotatable bonds is 8. The van der Waals surface area contributed by atoms with E-state index < -0.39 is 0 Å². The molecule has 0 radical (unpaired) electrons. The predicted octanol–water partition coefficient (Wildman–Crippen LogP) is 13.9. The third kappa shape index (κ3) is 5.33. The van der Waals surface area contributed by atoms with E-state index in [9.17, 15) is 0 Å². The number of hydrogen-bond acceptors (Lipinski definition) is 4. The van der Waals surface area contributed by atoms with Gasteiger partial charge in [-0.15, -0.1) is 11.3 Å². The van der Waals surface area contributed by atoms with Gasteiger partial charge in [-0.05, 0) is 61.4 Å². The molecule has 0 bridgehead atoms. The van der Waals surface area contributed by atoms with Crippen molar-refractivity contribution in [2.24, 2.45) is 0 Å². The van der Waals surface area contributed by atoms with Crippen molar-refractivity contribution in [1.82, 2.24) is 24.1 Å². The lowest BCUT2D eigenvalue weighted by Gasteiger charge is -2.12. The minimum Gasteiger partial charge on any atom is -0.340 e. The highest BCUT2D eigenvalue weighted by molar-refractivity contribution is 7.27. The first kappa shape index (κ1) is 34.1. The van der Waals surface area contributed by atoms with E-state index in [1.54, 1.807) is 0 Å². The summed E-state index contributed by atoms with van der Waals surface area (Å²) in [4.78, 5) is 15.0. The van der Waals surface area contributed by atoms with E-state index in [1.165, 1.54) is 69.3 Å². The zero-order valence-electron chi connectivity index (χ0n) is 31.9. The van der Waals surface area contributed by atoms with Gasteiger partial charge in [0.2, 0.25) is 0 Å². The zero-order chi connectivity index (χ0) is 38.7. The molecule has 0 saturated heterocycles. The van der Waals surface area contributed by atoms with E-state index >= 15 is 0 Å². The second kappa shape index (κ2) is 13.8. The first-order chi connectivity index (χ1) is 28.7. The van der Waals surface area contributed by atoms with Gasteiger partial charge in [-0.3, -0.25) is 0 Å². The number of para-hydroxylation sites is 2. The lowest BCUT2D eigenvalue weighted by Crippen LogP contribution is -2.00. The van der Waals surface area contributed by atoms with Crippen LogP contribution in [0.5, 0.6) is 0 Å². The molecule has 7 aromatic carbocycles. The predicted molar refractivity (Wildman–Crippen MR) is 245 cm³/mol. The van der Waals surface area contributed by atoms with E-state index in [1.807, 2.05) is 78.1 Å². The molecule has 276 valence electrons. The highest BCUT2D eigenvalue weighted by atomic mass is 32.1. The van der Waals surface area contributed by atoms with E-state index in [2.05, 4.69) is 126 Å². The van der Waals surface area contributed by atoms with Crippen LogP contribution in [0.4, 0.5) is 0 Å². The summed E-state index contributed by atoms with van der Waals surface area (Å²) in [5, 5.41) is 7.84. The normalized spacial score (nSPS) is 12.0. The number of allylic oxidation sites excluding steroid dienone is 3. The minimum atomic E-state index is 0.639. The van der Waals surface area contributed by atoms with Gasteiger partial charge in [-0.2, -0.15) is 0 Å². The van der Waals surface area contributed by atoms with E-state index in [-0.39, 0.29) is 0 Å². The van der Waals surface area contributed by atoms with E-state index in [0.717, 1.165) is 35.3 Å². The highest BCUT2D eigenvalue weighted by Gasteiger charge is 2.26. The van der Waals surface area contributed by atoms with E-state index in [0.29, 0.717) is 17.5 Å². The molecule has 11 aromatic rings. The molecule has 0 aliphatic carbocycles. The fourth-order valence-electron chi connectivity index (χ4n) is 8.83. The number of thiophene rings is 1. The lowest BCUT2D eigenvalue weighted by molar-refractivity contribution is 0.764. The van der Waals surface area contributed by atoms with Crippen LogP contribution in [-0.4, -0.2) is 24.1 Å². The van der Waals surface area contributed by atoms with Crippen molar-refractivity contribution in [3.8, 4) is 39.9 Å². The Morgan fingerprint density at radius 2 is 1.14 bits per heavy atom. The molecular weight excluding hydrogens is 727 g/mol. The zero-order valence-corrected chi connectivity index (χ0v) is 32.7. The van der Waals surface area contributed by atoms with Gasteiger partial charge < -0.3 is 9.13 Å². The Hall–Kier alpha value is -7.15. The Bertz CT molecular complexity index is 3350. The summed E-state index contributed by atoms with van der Waals surface area (Å²) in [5.41, 5.74) is 10.2. The SMILES string of the molecule is C=C/C=C\CCn1c2ccccc2c2c3c(sc4cccc(C)c43)c3c(c4ccccc4n3-c3ccc(-c4nc(-c5ccccc5)nc(-c5ccccc5)n4)cc3)c21. The molecule has 6 heteroatoms. The molecule has 0 aliphatic heterocycles. The van der Waals surface area contributed by atoms with Crippen LogP contribution >= 0.6 is 11.3 Å². The van der Waals surface area contributed by atoms with Gasteiger partial charge in [0.1, 0.15) is 0 Å². The van der Waals surface area contributed by atoms with Crippen LogP contribution in [0, 0.1) is 6.92 Å². The maximum atomic E-state index is 5.03. The largest absolute Gasteiger partial charge is 0.340 e. The van der Waals surface area contributed by atoms with Gasteiger partial charge in [0.25, 0.3) is 0 Å².